The van der Waals surface area contributed by atoms with E-state index in [1.165, 1.54) is 7.05 Å². The molecule has 5 nitrogen and oxygen atoms in total. The van der Waals surface area contributed by atoms with Crippen LogP contribution in [0.25, 0.3) is 0 Å². The monoisotopic (exact) mass is 218 g/mol. The highest BCUT2D eigenvalue weighted by atomic mass is 32.2. The number of nitrogens with one attached hydrogen (secondary N) is 1. The number of thioether (sulfide) groups is 1. The summed E-state index contributed by atoms with van der Waals surface area (Å²) in [5.41, 5.74) is -0.128. The van der Waals surface area contributed by atoms with Gasteiger partial charge in [0.2, 0.25) is 0 Å². The third-order valence-electron chi connectivity index (χ3n) is 1.61. The van der Waals surface area contributed by atoms with Gasteiger partial charge in [0.15, 0.2) is 0 Å². The largest absolute Gasteiger partial charge is 0.433 e. The molecule has 1 N–H and O–H groups in total. The molecule has 80 valence electrons. The van der Waals surface area contributed by atoms with Crippen molar-refractivity contribution in [3.05, 3.63) is 0 Å². The van der Waals surface area contributed by atoms with Crippen molar-refractivity contribution in [2.75, 3.05) is 19.4 Å². The molecule has 1 amide bonds. The van der Waals surface area contributed by atoms with Gasteiger partial charge in [0.1, 0.15) is 5.04 Å². The van der Waals surface area contributed by atoms with Gasteiger partial charge in [0.05, 0.1) is 12.2 Å². The van der Waals surface area contributed by atoms with E-state index in [2.05, 4.69) is 15.3 Å². The van der Waals surface area contributed by atoms with Crippen molar-refractivity contribution in [3.63, 3.8) is 0 Å². The first kappa shape index (κ1) is 11.3. The molecule has 0 aromatic rings. The Morgan fingerprint density at radius 3 is 2.93 bits per heavy atom. The summed E-state index contributed by atoms with van der Waals surface area (Å²) in [6.07, 6.45) is -0.567. The zero-order valence-electron chi connectivity index (χ0n) is 8.49. The van der Waals surface area contributed by atoms with Crippen molar-refractivity contribution in [2.45, 2.75) is 19.4 Å². The lowest BCUT2D eigenvalue weighted by molar-refractivity contribution is 0.0222. The molecule has 0 bridgehead atoms. The van der Waals surface area contributed by atoms with E-state index in [0.717, 1.165) is 5.75 Å². The summed E-state index contributed by atoms with van der Waals surface area (Å²) in [4.78, 5) is 15.2. The molecule has 0 aromatic heterocycles. The Kier molecular flexibility index (Phi) is 3.77. The molecule has 0 unspecified atom stereocenters. The SMILES string of the molecule is CNC(=O)ON=C1COC(C)(C)CS1. The maximum atomic E-state index is 10.7. The van der Waals surface area contributed by atoms with Crippen molar-refractivity contribution < 1.29 is 14.4 Å². The van der Waals surface area contributed by atoms with E-state index in [4.69, 9.17) is 4.74 Å². The summed E-state index contributed by atoms with van der Waals surface area (Å²) in [5.74, 6) is 0.808. The lowest BCUT2D eigenvalue weighted by Crippen LogP contribution is -2.35. The van der Waals surface area contributed by atoms with Crippen LogP contribution in [-0.4, -0.2) is 36.1 Å². The van der Waals surface area contributed by atoms with Crippen molar-refractivity contribution in [1.82, 2.24) is 5.32 Å². The molecule has 1 saturated heterocycles. The molecule has 0 saturated carbocycles. The number of carbonyl (C=O) groups excluding carboxylic acids is 1. The minimum atomic E-state index is -0.567. The normalized spacial score (nSPS) is 23.2. The van der Waals surface area contributed by atoms with Crippen LogP contribution in [-0.2, 0) is 9.57 Å². The minimum Gasteiger partial charge on any atom is -0.368 e. The Balaban J connectivity index is 2.38. The van der Waals surface area contributed by atoms with Gasteiger partial charge in [-0.3, -0.25) is 4.84 Å². The number of rotatable bonds is 1. The molecule has 1 heterocycles. The Morgan fingerprint density at radius 2 is 2.43 bits per heavy atom. The van der Waals surface area contributed by atoms with Gasteiger partial charge in [-0.2, -0.15) is 0 Å². The molecule has 1 fully saturated rings. The zero-order valence-corrected chi connectivity index (χ0v) is 9.31. The van der Waals surface area contributed by atoms with Crippen molar-refractivity contribution in [2.24, 2.45) is 5.16 Å². The molecular weight excluding hydrogens is 204 g/mol. The molecule has 6 heteroatoms. The Morgan fingerprint density at radius 1 is 1.71 bits per heavy atom. The molecule has 1 rings (SSSR count). The summed E-state index contributed by atoms with van der Waals surface area (Å²) in [7, 11) is 1.48. The predicted octanol–water partition coefficient (Wildman–Crippen LogP) is 1.20. The van der Waals surface area contributed by atoms with Crippen molar-refractivity contribution >= 4 is 22.9 Å². The topological polar surface area (TPSA) is 59.9 Å². The van der Waals surface area contributed by atoms with Crippen molar-refractivity contribution in [1.29, 1.82) is 0 Å². The summed E-state index contributed by atoms with van der Waals surface area (Å²) >= 11 is 1.54. The fourth-order valence-corrected chi connectivity index (χ4v) is 1.62. The Labute approximate surface area is 87.2 Å². The lowest BCUT2D eigenvalue weighted by Gasteiger charge is -2.29. The maximum absolute atomic E-state index is 10.7. The zero-order chi connectivity index (χ0) is 10.6. The van der Waals surface area contributed by atoms with Crippen LogP contribution in [0.15, 0.2) is 5.16 Å². The van der Waals surface area contributed by atoms with Crippen LogP contribution < -0.4 is 5.32 Å². The van der Waals surface area contributed by atoms with Crippen LogP contribution >= 0.6 is 11.8 Å². The van der Waals surface area contributed by atoms with E-state index in [1.807, 2.05) is 13.8 Å². The van der Waals surface area contributed by atoms with Gasteiger partial charge in [-0.25, -0.2) is 4.79 Å². The average molecular weight is 218 g/mol. The van der Waals surface area contributed by atoms with E-state index in [9.17, 15) is 4.79 Å². The summed E-state index contributed by atoms with van der Waals surface area (Å²) in [6, 6.07) is 0. The second-order valence-electron chi connectivity index (χ2n) is 3.45. The third-order valence-corrected chi connectivity index (χ3v) is 2.97. The van der Waals surface area contributed by atoms with E-state index in [0.29, 0.717) is 11.7 Å². The second-order valence-corrected chi connectivity index (χ2v) is 4.50. The maximum Gasteiger partial charge on any atom is 0.433 e. The molecule has 1 aliphatic rings. The number of hydrogen-bond acceptors (Lipinski definition) is 5. The Hall–Kier alpha value is -0.750. The highest BCUT2D eigenvalue weighted by molar-refractivity contribution is 8.14. The van der Waals surface area contributed by atoms with Crippen LogP contribution in [0.2, 0.25) is 0 Å². The highest BCUT2D eigenvalue weighted by Crippen LogP contribution is 2.24. The summed E-state index contributed by atoms with van der Waals surface area (Å²) in [6.45, 7) is 4.42. The molecule has 14 heavy (non-hydrogen) atoms. The van der Waals surface area contributed by atoms with E-state index < -0.39 is 6.09 Å². The van der Waals surface area contributed by atoms with Gasteiger partial charge in [-0.1, -0.05) is 5.16 Å². The summed E-state index contributed by atoms with van der Waals surface area (Å²) in [5, 5.41) is 6.65. The number of carbonyl (C=O) groups is 1. The Bertz CT molecular complexity index is 241. The quantitative estimate of drug-likeness (QED) is 0.530. The van der Waals surface area contributed by atoms with Crippen LogP contribution in [0.3, 0.4) is 0 Å². The van der Waals surface area contributed by atoms with Crippen LogP contribution in [0, 0.1) is 0 Å². The van der Waals surface area contributed by atoms with Gasteiger partial charge in [0.25, 0.3) is 0 Å². The minimum absolute atomic E-state index is 0.128. The highest BCUT2D eigenvalue weighted by Gasteiger charge is 2.26. The van der Waals surface area contributed by atoms with E-state index in [1.54, 1.807) is 11.8 Å². The first-order chi connectivity index (χ1) is 6.53. The van der Waals surface area contributed by atoms with Gasteiger partial charge in [0, 0.05) is 12.8 Å². The predicted molar refractivity (Wildman–Crippen MR) is 55.5 cm³/mol. The standard InChI is InChI=1S/C8H14N2O3S/c1-8(2)5-14-6(4-12-8)10-13-7(11)9-3/h4-5H2,1-3H3,(H,9,11). The number of hydrogen-bond donors (Lipinski definition) is 1. The lowest BCUT2D eigenvalue weighted by atomic mass is 10.2. The smallest absolute Gasteiger partial charge is 0.368 e. The molecule has 0 radical (unpaired) electrons. The number of nitrogens with zero attached hydrogens (tertiary/aromatic N) is 1. The van der Waals surface area contributed by atoms with E-state index >= 15 is 0 Å². The molecule has 0 aliphatic carbocycles. The van der Waals surface area contributed by atoms with Crippen molar-refractivity contribution in [3.8, 4) is 0 Å². The number of ether oxygens (including phenoxy) is 1. The fourth-order valence-electron chi connectivity index (χ4n) is 0.788. The third kappa shape index (κ3) is 3.55. The van der Waals surface area contributed by atoms with Crippen LogP contribution in [0.4, 0.5) is 4.79 Å². The second kappa shape index (κ2) is 4.65. The molecule has 1 aliphatic heterocycles. The van der Waals surface area contributed by atoms with Gasteiger partial charge in [-0.15, -0.1) is 11.8 Å². The molecule has 0 spiro atoms. The number of oxime groups is 1. The number of amides is 1. The van der Waals surface area contributed by atoms with Gasteiger partial charge < -0.3 is 10.1 Å². The van der Waals surface area contributed by atoms with Crippen LogP contribution in [0.1, 0.15) is 13.8 Å². The molecular formula is C8H14N2O3S. The van der Waals surface area contributed by atoms with Gasteiger partial charge >= 0.3 is 6.09 Å². The fraction of sp³-hybridized carbons (Fsp3) is 0.750. The first-order valence-corrected chi connectivity index (χ1v) is 5.24. The van der Waals surface area contributed by atoms with Gasteiger partial charge in [-0.05, 0) is 13.8 Å². The first-order valence-electron chi connectivity index (χ1n) is 4.26. The average Bonchev–Trinajstić information content (AvgIpc) is 2.16. The summed E-state index contributed by atoms with van der Waals surface area (Å²) < 4.78 is 5.48. The van der Waals surface area contributed by atoms with Crippen LogP contribution in [0.5, 0.6) is 0 Å². The molecule has 0 aromatic carbocycles. The van der Waals surface area contributed by atoms with E-state index in [-0.39, 0.29) is 5.60 Å². The molecule has 0 atom stereocenters.